The van der Waals surface area contributed by atoms with Crippen molar-refractivity contribution in [3.8, 4) is 5.75 Å². The Labute approximate surface area is 187 Å². The lowest BCUT2D eigenvalue weighted by atomic mass is 10.1. The molecule has 32 heavy (non-hydrogen) atoms. The molecule has 0 aliphatic heterocycles. The maximum absolute atomic E-state index is 13.1. The normalized spacial score (nSPS) is 11.7. The van der Waals surface area contributed by atoms with Gasteiger partial charge in [0, 0.05) is 37.3 Å². The summed E-state index contributed by atoms with van der Waals surface area (Å²) in [6.45, 7) is 6.19. The van der Waals surface area contributed by atoms with E-state index in [0.717, 1.165) is 0 Å². The van der Waals surface area contributed by atoms with Gasteiger partial charge in [0.15, 0.2) is 0 Å². The molecule has 3 aromatic rings. The van der Waals surface area contributed by atoms with Crippen molar-refractivity contribution < 1.29 is 17.9 Å². The van der Waals surface area contributed by atoms with E-state index in [1.54, 1.807) is 58.2 Å². The molecule has 1 heterocycles. The van der Waals surface area contributed by atoms with Gasteiger partial charge in [0.25, 0.3) is 11.5 Å². The molecular formula is C23H27N3O5S. The van der Waals surface area contributed by atoms with Gasteiger partial charge in [-0.2, -0.15) is 4.31 Å². The highest BCUT2D eigenvalue weighted by molar-refractivity contribution is 7.89. The highest BCUT2D eigenvalue weighted by atomic mass is 32.2. The number of hydrogen-bond donors (Lipinski definition) is 1. The fraction of sp³-hybridized carbons (Fsp3) is 0.304. The van der Waals surface area contributed by atoms with Gasteiger partial charge in [0.1, 0.15) is 10.6 Å². The number of nitrogens with one attached hydrogen (secondary N) is 1. The Morgan fingerprint density at radius 1 is 1.06 bits per heavy atom. The number of fused-ring (bicyclic) bond motifs is 1. The minimum atomic E-state index is -3.82. The number of pyridine rings is 1. The molecule has 0 saturated carbocycles. The highest BCUT2D eigenvalue weighted by Crippen LogP contribution is 2.30. The molecule has 9 heteroatoms. The van der Waals surface area contributed by atoms with Crippen molar-refractivity contribution in [2.75, 3.05) is 25.0 Å². The molecule has 1 amide bonds. The third-order valence-electron chi connectivity index (χ3n) is 5.22. The molecule has 8 nitrogen and oxygen atoms in total. The summed E-state index contributed by atoms with van der Waals surface area (Å²) >= 11 is 0. The van der Waals surface area contributed by atoms with Gasteiger partial charge in [-0.1, -0.05) is 32.0 Å². The fourth-order valence-corrected chi connectivity index (χ4v) is 5.18. The first-order chi connectivity index (χ1) is 15.2. The summed E-state index contributed by atoms with van der Waals surface area (Å²) < 4.78 is 34.6. The first kappa shape index (κ1) is 23.5. The molecule has 0 unspecified atom stereocenters. The van der Waals surface area contributed by atoms with Gasteiger partial charge in [0.05, 0.1) is 17.7 Å². The summed E-state index contributed by atoms with van der Waals surface area (Å²) in [6, 6.07) is 12.9. The summed E-state index contributed by atoms with van der Waals surface area (Å²) in [4.78, 5) is 25.4. The maximum Gasteiger partial charge on any atom is 0.256 e. The fourth-order valence-electron chi connectivity index (χ4n) is 3.56. The van der Waals surface area contributed by atoms with Crippen LogP contribution in [0.4, 0.5) is 5.69 Å². The van der Waals surface area contributed by atoms with Crippen LogP contribution in [0.5, 0.6) is 5.75 Å². The van der Waals surface area contributed by atoms with Crippen LogP contribution < -0.4 is 15.6 Å². The minimum Gasteiger partial charge on any atom is -0.492 e. The first-order valence-corrected chi connectivity index (χ1v) is 11.9. The van der Waals surface area contributed by atoms with Gasteiger partial charge in [-0.05, 0) is 31.2 Å². The summed E-state index contributed by atoms with van der Waals surface area (Å²) in [5, 5.41) is 3.35. The molecule has 3 rings (SSSR count). The number of rotatable bonds is 8. The van der Waals surface area contributed by atoms with Crippen molar-refractivity contribution in [3.63, 3.8) is 0 Å². The minimum absolute atomic E-state index is 0.0188. The molecule has 170 valence electrons. The third kappa shape index (κ3) is 4.39. The predicted molar refractivity (Wildman–Crippen MR) is 125 cm³/mol. The standard InChI is InChI=1S/C23H27N3O5S/c1-5-26(6-2)32(29,30)21-14-16(12-13-20(21)31-7-3)24-23(28)18-15-22(27)25(4)19-11-9-8-10-17(18)19/h8-15H,5-7H2,1-4H3,(H,24,28). The molecule has 0 radical (unpaired) electrons. The van der Waals surface area contributed by atoms with Crippen molar-refractivity contribution in [1.82, 2.24) is 8.87 Å². The number of aryl methyl sites for hydroxylation is 1. The van der Waals surface area contributed by atoms with Crippen LogP contribution >= 0.6 is 0 Å². The van der Waals surface area contributed by atoms with Crippen LogP contribution in [0.2, 0.25) is 0 Å². The van der Waals surface area contributed by atoms with Crippen LogP contribution in [0.3, 0.4) is 0 Å². The SMILES string of the molecule is CCOc1ccc(NC(=O)c2cc(=O)n(C)c3ccccc23)cc1S(=O)(=O)N(CC)CC. The first-order valence-electron chi connectivity index (χ1n) is 10.4. The van der Waals surface area contributed by atoms with E-state index in [1.165, 1.54) is 27.1 Å². The Bertz CT molecular complexity index is 1310. The molecule has 0 bridgehead atoms. The molecule has 1 aromatic heterocycles. The highest BCUT2D eigenvalue weighted by Gasteiger charge is 2.26. The number of carbonyl (C=O) groups is 1. The van der Waals surface area contributed by atoms with E-state index in [2.05, 4.69) is 5.32 Å². The number of hydrogen-bond acceptors (Lipinski definition) is 5. The van der Waals surface area contributed by atoms with Crippen molar-refractivity contribution in [3.05, 3.63) is 64.4 Å². The van der Waals surface area contributed by atoms with E-state index in [-0.39, 0.29) is 27.5 Å². The predicted octanol–water partition coefficient (Wildman–Crippen LogP) is 3.22. The number of nitrogens with zero attached hydrogens (tertiary/aromatic N) is 2. The van der Waals surface area contributed by atoms with Crippen molar-refractivity contribution >= 4 is 32.5 Å². The van der Waals surface area contributed by atoms with Gasteiger partial charge in [-0.15, -0.1) is 0 Å². The third-order valence-corrected chi connectivity index (χ3v) is 7.29. The monoisotopic (exact) mass is 457 g/mol. The summed E-state index contributed by atoms with van der Waals surface area (Å²) in [7, 11) is -2.18. The maximum atomic E-state index is 13.1. The molecule has 0 saturated heterocycles. The molecule has 0 spiro atoms. The largest absolute Gasteiger partial charge is 0.492 e. The topological polar surface area (TPSA) is 97.7 Å². The van der Waals surface area contributed by atoms with Gasteiger partial charge in [-0.25, -0.2) is 8.42 Å². The second-order valence-electron chi connectivity index (χ2n) is 7.11. The van der Waals surface area contributed by atoms with Crippen LogP contribution in [0.15, 0.2) is 58.2 Å². The van der Waals surface area contributed by atoms with Crippen LogP contribution in [0.25, 0.3) is 10.9 Å². The van der Waals surface area contributed by atoms with Crippen LogP contribution in [-0.2, 0) is 17.1 Å². The molecule has 0 aliphatic rings. The lowest BCUT2D eigenvalue weighted by molar-refractivity contribution is 0.102. The Balaban J connectivity index is 2.06. The number of benzene rings is 2. The average molecular weight is 458 g/mol. The summed E-state index contributed by atoms with van der Waals surface area (Å²) in [6.07, 6.45) is 0. The Hall–Kier alpha value is -3.17. The van der Waals surface area contributed by atoms with Gasteiger partial charge < -0.3 is 14.6 Å². The number of amides is 1. The molecular weight excluding hydrogens is 430 g/mol. The van der Waals surface area contributed by atoms with Crippen molar-refractivity contribution in [2.24, 2.45) is 7.05 Å². The van der Waals surface area contributed by atoms with E-state index in [1.807, 2.05) is 0 Å². The quantitative estimate of drug-likeness (QED) is 0.560. The molecule has 2 aromatic carbocycles. The zero-order valence-electron chi connectivity index (χ0n) is 18.6. The molecule has 0 aliphatic carbocycles. The van der Waals surface area contributed by atoms with Crippen LogP contribution in [0, 0.1) is 0 Å². The Kier molecular flexibility index (Phi) is 7.00. The summed E-state index contributed by atoms with van der Waals surface area (Å²) in [5.74, 6) is -0.286. The number of anilines is 1. The second kappa shape index (κ2) is 9.54. The van der Waals surface area contributed by atoms with Crippen molar-refractivity contribution in [1.29, 1.82) is 0 Å². The molecule has 1 N–H and O–H groups in total. The van der Waals surface area contributed by atoms with Crippen LogP contribution in [0.1, 0.15) is 31.1 Å². The smallest absolute Gasteiger partial charge is 0.256 e. The van der Waals surface area contributed by atoms with E-state index < -0.39 is 15.9 Å². The molecule has 0 atom stereocenters. The van der Waals surface area contributed by atoms with Gasteiger partial charge in [0.2, 0.25) is 10.0 Å². The van der Waals surface area contributed by atoms with Crippen molar-refractivity contribution in [2.45, 2.75) is 25.7 Å². The average Bonchev–Trinajstić information content (AvgIpc) is 2.78. The van der Waals surface area contributed by atoms with E-state index in [9.17, 15) is 18.0 Å². The Morgan fingerprint density at radius 2 is 1.75 bits per heavy atom. The van der Waals surface area contributed by atoms with Crippen LogP contribution in [-0.4, -0.2) is 42.9 Å². The number of sulfonamides is 1. The van der Waals surface area contributed by atoms with E-state index in [4.69, 9.17) is 4.74 Å². The van der Waals surface area contributed by atoms with E-state index >= 15 is 0 Å². The zero-order chi connectivity index (χ0) is 23.5. The van der Waals surface area contributed by atoms with Gasteiger partial charge in [-0.3, -0.25) is 9.59 Å². The second-order valence-corrected chi connectivity index (χ2v) is 9.02. The van der Waals surface area contributed by atoms with E-state index in [0.29, 0.717) is 30.6 Å². The lowest BCUT2D eigenvalue weighted by Crippen LogP contribution is -2.31. The zero-order valence-corrected chi connectivity index (χ0v) is 19.4. The number of ether oxygens (including phenoxy) is 1. The number of carbonyl (C=O) groups excluding carboxylic acids is 1. The Morgan fingerprint density at radius 3 is 2.41 bits per heavy atom. The molecule has 0 fully saturated rings. The number of aromatic nitrogens is 1. The lowest BCUT2D eigenvalue weighted by Gasteiger charge is -2.21. The summed E-state index contributed by atoms with van der Waals surface area (Å²) in [5.41, 5.74) is 0.812. The van der Waals surface area contributed by atoms with Gasteiger partial charge >= 0.3 is 0 Å². The number of para-hydroxylation sites is 1.